The van der Waals surface area contributed by atoms with E-state index in [0.717, 1.165) is 24.0 Å². The summed E-state index contributed by atoms with van der Waals surface area (Å²) in [5, 5.41) is 10.5. The summed E-state index contributed by atoms with van der Waals surface area (Å²) in [7, 11) is 0. The van der Waals surface area contributed by atoms with Gasteiger partial charge in [-0.1, -0.05) is 13.0 Å². The Bertz CT molecular complexity index is 405. The van der Waals surface area contributed by atoms with Crippen LogP contribution in [-0.2, 0) is 6.42 Å². The predicted molar refractivity (Wildman–Crippen MR) is 62.8 cm³/mol. The standard InChI is InChI=1S/C14H19FO/c1-10-4-5-12(15)8-11(10)9-14(3,16)13(2)6-7-13/h4-5,8,16H,6-7,9H2,1-3H3. The van der Waals surface area contributed by atoms with E-state index >= 15 is 0 Å². The van der Waals surface area contributed by atoms with Gasteiger partial charge in [0.25, 0.3) is 0 Å². The molecule has 0 heterocycles. The zero-order chi connectivity index (χ0) is 12.0. The van der Waals surface area contributed by atoms with E-state index in [0.29, 0.717) is 6.42 Å². The van der Waals surface area contributed by atoms with Crippen LogP contribution in [0.4, 0.5) is 4.39 Å². The van der Waals surface area contributed by atoms with Gasteiger partial charge in [-0.2, -0.15) is 0 Å². The Morgan fingerprint density at radius 3 is 2.62 bits per heavy atom. The zero-order valence-corrected chi connectivity index (χ0v) is 10.2. The van der Waals surface area contributed by atoms with Crippen molar-refractivity contribution in [2.45, 2.75) is 45.6 Å². The van der Waals surface area contributed by atoms with Crippen molar-refractivity contribution >= 4 is 0 Å². The minimum absolute atomic E-state index is 0.0196. The first-order valence-electron chi connectivity index (χ1n) is 5.81. The Hall–Kier alpha value is -0.890. The van der Waals surface area contributed by atoms with Gasteiger partial charge in [0.1, 0.15) is 5.82 Å². The summed E-state index contributed by atoms with van der Waals surface area (Å²) in [5.74, 6) is -0.225. The monoisotopic (exact) mass is 222 g/mol. The normalized spacial score (nSPS) is 21.6. The number of benzene rings is 1. The van der Waals surface area contributed by atoms with Gasteiger partial charge in [-0.3, -0.25) is 0 Å². The smallest absolute Gasteiger partial charge is 0.123 e. The summed E-state index contributed by atoms with van der Waals surface area (Å²) in [5.41, 5.74) is 1.25. The number of hydrogen-bond acceptors (Lipinski definition) is 1. The van der Waals surface area contributed by atoms with Gasteiger partial charge in [0.2, 0.25) is 0 Å². The number of aryl methyl sites for hydroxylation is 1. The Kier molecular flexibility index (Phi) is 2.58. The van der Waals surface area contributed by atoms with Gasteiger partial charge >= 0.3 is 0 Å². The van der Waals surface area contributed by atoms with E-state index in [9.17, 15) is 9.50 Å². The van der Waals surface area contributed by atoms with Crippen molar-refractivity contribution < 1.29 is 9.50 Å². The fraction of sp³-hybridized carbons (Fsp3) is 0.571. The Morgan fingerprint density at radius 1 is 1.44 bits per heavy atom. The van der Waals surface area contributed by atoms with Gasteiger partial charge in [0.15, 0.2) is 0 Å². The number of halogens is 1. The molecule has 0 amide bonds. The number of rotatable bonds is 3. The molecule has 2 heteroatoms. The molecular weight excluding hydrogens is 203 g/mol. The second-order valence-electron chi connectivity index (χ2n) is 5.58. The van der Waals surface area contributed by atoms with Crippen molar-refractivity contribution in [3.63, 3.8) is 0 Å². The number of hydrogen-bond donors (Lipinski definition) is 1. The van der Waals surface area contributed by atoms with Crippen molar-refractivity contribution in [1.29, 1.82) is 0 Å². The maximum atomic E-state index is 13.2. The van der Waals surface area contributed by atoms with Crippen LogP contribution in [0.2, 0.25) is 0 Å². The third kappa shape index (κ3) is 1.99. The first kappa shape index (κ1) is 11.6. The van der Waals surface area contributed by atoms with Crippen LogP contribution in [0.5, 0.6) is 0 Å². The van der Waals surface area contributed by atoms with Crippen LogP contribution in [0.25, 0.3) is 0 Å². The first-order valence-corrected chi connectivity index (χ1v) is 5.81. The van der Waals surface area contributed by atoms with Crippen molar-refractivity contribution in [3.8, 4) is 0 Å². The molecule has 1 aromatic rings. The summed E-state index contributed by atoms with van der Waals surface area (Å²) in [6.07, 6.45) is 2.66. The minimum Gasteiger partial charge on any atom is -0.389 e. The summed E-state index contributed by atoms with van der Waals surface area (Å²) in [6.45, 7) is 5.92. The van der Waals surface area contributed by atoms with Crippen LogP contribution >= 0.6 is 0 Å². The summed E-state index contributed by atoms with van der Waals surface area (Å²) < 4.78 is 13.2. The third-order valence-corrected chi connectivity index (χ3v) is 4.15. The molecule has 1 aliphatic rings. The molecule has 1 atom stereocenters. The second kappa shape index (κ2) is 3.56. The van der Waals surface area contributed by atoms with E-state index in [1.54, 1.807) is 6.07 Å². The highest BCUT2D eigenvalue weighted by Gasteiger charge is 2.52. The van der Waals surface area contributed by atoms with Gasteiger partial charge in [0, 0.05) is 6.42 Å². The molecule has 0 radical (unpaired) electrons. The van der Waals surface area contributed by atoms with Crippen LogP contribution in [0, 0.1) is 18.2 Å². The van der Waals surface area contributed by atoms with Gasteiger partial charge in [-0.05, 0) is 55.4 Å². The van der Waals surface area contributed by atoms with E-state index < -0.39 is 5.60 Å². The van der Waals surface area contributed by atoms with Crippen LogP contribution in [0.1, 0.15) is 37.8 Å². The quantitative estimate of drug-likeness (QED) is 0.832. The summed E-state index contributed by atoms with van der Waals surface area (Å²) in [4.78, 5) is 0. The SMILES string of the molecule is Cc1ccc(F)cc1CC(C)(O)C1(C)CC1. The molecule has 2 rings (SSSR count). The largest absolute Gasteiger partial charge is 0.389 e. The molecular formula is C14H19FO. The average Bonchev–Trinajstić information content (AvgIpc) is 2.91. The topological polar surface area (TPSA) is 20.2 Å². The molecule has 0 spiro atoms. The van der Waals surface area contributed by atoms with Crippen molar-refractivity contribution in [1.82, 2.24) is 0 Å². The molecule has 16 heavy (non-hydrogen) atoms. The Morgan fingerprint density at radius 2 is 2.06 bits per heavy atom. The summed E-state index contributed by atoms with van der Waals surface area (Å²) >= 11 is 0. The highest BCUT2D eigenvalue weighted by molar-refractivity contribution is 5.29. The highest BCUT2D eigenvalue weighted by Crippen LogP contribution is 2.54. The lowest BCUT2D eigenvalue weighted by Gasteiger charge is -2.31. The van der Waals surface area contributed by atoms with Crippen LogP contribution in [-0.4, -0.2) is 10.7 Å². The molecule has 1 aromatic carbocycles. The lowest BCUT2D eigenvalue weighted by atomic mass is 9.81. The van der Waals surface area contributed by atoms with Gasteiger partial charge in [0.05, 0.1) is 5.60 Å². The van der Waals surface area contributed by atoms with E-state index in [-0.39, 0.29) is 11.2 Å². The minimum atomic E-state index is -0.731. The molecule has 1 nitrogen and oxygen atoms in total. The lowest BCUT2D eigenvalue weighted by molar-refractivity contribution is -0.00718. The average molecular weight is 222 g/mol. The molecule has 1 aliphatic carbocycles. The number of aliphatic hydroxyl groups is 1. The van der Waals surface area contributed by atoms with Gasteiger partial charge in [-0.15, -0.1) is 0 Å². The molecule has 88 valence electrons. The fourth-order valence-electron chi connectivity index (χ4n) is 2.14. The molecule has 0 saturated heterocycles. The van der Waals surface area contributed by atoms with E-state index in [2.05, 4.69) is 6.92 Å². The highest BCUT2D eigenvalue weighted by atomic mass is 19.1. The van der Waals surface area contributed by atoms with Crippen LogP contribution in [0.15, 0.2) is 18.2 Å². The Labute approximate surface area is 96.3 Å². The lowest BCUT2D eigenvalue weighted by Crippen LogP contribution is -2.37. The summed E-state index contributed by atoms with van der Waals surface area (Å²) in [6, 6.07) is 4.78. The maximum Gasteiger partial charge on any atom is 0.123 e. The maximum absolute atomic E-state index is 13.2. The first-order chi connectivity index (χ1) is 7.34. The van der Waals surface area contributed by atoms with Gasteiger partial charge in [-0.25, -0.2) is 4.39 Å². The molecule has 1 fully saturated rings. The van der Waals surface area contributed by atoms with Crippen LogP contribution in [0.3, 0.4) is 0 Å². The zero-order valence-electron chi connectivity index (χ0n) is 10.2. The van der Waals surface area contributed by atoms with Crippen molar-refractivity contribution in [2.75, 3.05) is 0 Å². The van der Waals surface area contributed by atoms with E-state index in [4.69, 9.17) is 0 Å². The molecule has 1 N–H and O–H groups in total. The second-order valence-corrected chi connectivity index (χ2v) is 5.58. The van der Waals surface area contributed by atoms with E-state index in [1.807, 2.05) is 13.8 Å². The molecule has 0 aliphatic heterocycles. The molecule has 0 bridgehead atoms. The predicted octanol–water partition coefficient (Wildman–Crippen LogP) is 3.23. The molecule has 1 unspecified atom stereocenters. The molecule has 0 aromatic heterocycles. The fourth-order valence-corrected chi connectivity index (χ4v) is 2.14. The Balaban J connectivity index is 2.23. The third-order valence-electron chi connectivity index (χ3n) is 4.15. The van der Waals surface area contributed by atoms with Gasteiger partial charge < -0.3 is 5.11 Å². The van der Waals surface area contributed by atoms with Crippen molar-refractivity contribution in [2.24, 2.45) is 5.41 Å². The van der Waals surface area contributed by atoms with Crippen molar-refractivity contribution in [3.05, 3.63) is 35.1 Å². The molecule has 1 saturated carbocycles. The van der Waals surface area contributed by atoms with Crippen LogP contribution < -0.4 is 0 Å². The van der Waals surface area contributed by atoms with E-state index in [1.165, 1.54) is 12.1 Å².